The largest absolute Gasteiger partial charge is 0.355 e. The first-order chi connectivity index (χ1) is 9.42. The van der Waals surface area contributed by atoms with E-state index in [1.54, 1.807) is 0 Å². The van der Waals surface area contributed by atoms with Crippen LogP contribution < -0.4 is 10.0 Å². The highest BCUT2D eigenvalue weighted by molar-refractivity contribution is 7.89. The predicted molar refractivity (Wildman–Crippen MR) is 72.5 cm³/mol. The quantitative estimate of drug-likeness (QED) is 0.861. The number of amides is 1. The molecule has 1 aliphatic rings. The van der Waals surface area contributed by atoms with Crippen molar-refractivity contribution in [3.63, 3.8) is 0 Å². The SMILES string of the molecule is N#Cc1ccc(Cl)cc1S(=O)(=O)NC1CCC(=O)NC1. The molecule has 0 aromatic heterocycles. The average molecular weight is 314 g/mol. The van der Waals surface area contributed by atoms with Crippen LogP contribution in [0.15, 0.2) is 23.1 Å². The van der Waals surface area contributed by atoms with Crippen LogP contribution in [0.5, 0.6) is 0 Å². The number of nitriles is 1. The molecule has 8 heteroatoms. The second-order valence-electron chi connectivity index (χ2n) is 4.41. The number of benzene rings is 1. The number of nitrogens with one attached hydrogen (secondary N) is 2. The molecule has 1 saturated heterocycles. The van der Waals surface area contributed by atoms with E-state index in [1.165, 1.54) is 18.2 Å². The number of halogens is 1. The van der Waals surface area contributed by atoms with Crippen molar-refractivity contribution in [1.29, 1.82) is 5.26 Å². The molecule has 20 heavy (non-hydrogen) atoms. The molecule has 1 aromatic carbocycles. The van der Waals surface area contributed by atoms with Crippen molar-refractivity contribution >= 4 is 27.5 Å². The minimum Gasteiger partial charge on any atom is -0.355 e. The Bertz CT molecular complexity index is 672. The van der Waals surface area contributed by atoms with E-state index in [2.05, 4.69) is 10.0 Å². The van der Waals surface area contributed by atoms with Crippen molar-refractivity contribution in [3.05, 3.63) is 28.8 Å². The number of rotatable bonds is 3. The molecule has 0 bridgehead atoms. The van der Waals surface area contributed by atoms with E-state index in [0.717, 1.165) is 0 Å². The number of nitrogens with zero attached hydrogens (tertiary/aromatic N) is 1. The minimum atomic E-state index is -3.85. The van der Waals surface area contributed by atoms with E-state index in [4.69, 9.17) is 16.9 Å². The molecule has 0 radical (unpaired) electrons. The van der Waals surface area contributed by atoms with Gasteiger partial charge in [0.05, 0.1) is 5.56 Å². The first-order valence-electron chi connectivity index (χ1n) is 5.91. The van der Waals surface area contributed by atoms with Crippen LogP contribution >= 0.6 is 11.6 Å². The van der Waals surface area contributed by atoms with Gasteiger partial charge in [0.25, 0.3) is 0 Å². The van der Waals surface area contributed by atoms with Gasteiger partial charge in [-0.2, -0.15) is 5.26 Å². The number of hydrogen-bond acceptors (Lipinski definition) is 4. The van der Waals surface area contributed by atoms with Crippen molar-refractivity contribution in [2.24, 2.45) is 0 Å². The highest BCUT2D eigenvalue weighted by atomic mass is 35.5. The Kier molecular flexibility index (Phi) is 4.28. The van der Waals surface area contributed by atoms with Crippen LogP contribution in [0.4, 0.5) is 0 Å². The lowest BCUT2D eigenvalue weighted by atomic mass is 10.1. The van der Waals surface area contributed by atoms with Gasteiger partial charge in [-0.05, 0) is 24.6 Å². The van der Waals surface area contributed by atoms with Crippen LogP contribution in [0.1, 0.15) is 18.4 Å². The Morgan fingerprint density at radius 1 is 1.45 bits per heavy atom. The zero-order valence-corrected chi connectivity index (χ0v) is 12.0. The zero-order valence-electron chi connectivity index (χ0n) is 10.4. The topological polar surface area (TPSA) is 99.1 Å². The first kappa shape index (κ1) is 14.8. The second-order valence-corrected chi connectivity index (χ2v) is 6.53. The summed E-state index contributed by atoms with van der Waals surface area (Å²) in [6, 6.07) is 5.50. The van der Waals surface area contributed by atoms with Gasteiger partial charge >= 0.3 is 0 Å². The second kappa shape index (κ2) is 5.79. The molecule has 106 valence electrons. The smallest absolute Gasteiger partial charge is 0.242 e. The summed E-state index contributed by atoms with van der Waals surface area (Å²) in [5, 5.41) is 11.8. The van der Waals surface area contributed by atoms with Gasteiger partial charge in [-0.3, -0.25) is 4.79 Å². The predicted octanol–water partition coefficient (Wildman–Crippen LogP) is 0.769. The average Bonchev–Trinajstić information content (AvgIpc) is 2.41. The van der Waals surface area contributed by atoms with Gasteiger partial charge in [0, 0.05) is 24.0 Å². The molecule has 1 fully saturated rings. The third kappa shape index (κ3) is 3.28. The molecular weight excluding hydrogens is 302 g/mol. The summed E-state index contributed by atoms with van der Waals surface area (Å²) in [6.07, 6.45) is 0.696. The van der Waals surface area contributed by atoms with E-state index in [-0.39, 0.29) is 40.4 Å². The minimum absolute atomic E-state index is 0.0294. The monoisotopic (exact) mass is 313 g/mol. The summed E-state index contributed by atoms with van der Waals surface area (Å²) in [5.41, 5.74) is 0.0294. The van der Waals surface area contributed by atoms with Gasteiger partial charge in [-0.25, -0.2) is 13.1 Å². The van der Waals surface area contributed by atoms with Crippen molar-refractivity contribution in [2.75, 3.05) is 6.54 Å². The molecule has 1 atom stereocenters. The third-order valence-corrected chi connectivity index (χ3v) is 4.74. The zero-order chi connectivity index (χ0) is 14.8. The summed E-state index contributed by atoms with van der Waals surface area (Å²) >= 11 is 5.78. The van der Waals surface area contributed by atoms with Crippen molar-refractivity contribution in [2.45, 2.75) is 23.8 Å². The van der Waals surface area contributed by atoms with Crippen LogP contribution in [0.25, 0.3) is 0 Å². The van der Waals surface area contributed by atoms with Crippen LogP contribution in [-0.4, -0.2) is 26.9 Å². The van der Waals surface area contributed by atoms with Gasteiger partial charge < -0.3 is 5.32 Å². The third-order valence-electron chi connectivity index (χ3n) is 2.94. The lowest BCUT2D eigenvalue weighted by Gasteiger charge is -2.23. The van der Waals surface area contributed by atoms with Gasteiger partial charge in [0.1, 0.15) is 11.0 Å². The van der Waals surface area contributed by atoms with Gasteiger partial charge in [-0.1, -0.05) is 11.6 Å². The molecule has 0 spiro atoms. The summed E-state index contributed by atoms with van der Waals surface area (Å²) in [7, 11) is -3.85. The van der Waals surface area contributed by atoms with Crippen molar-refractivity contribution in [1.82, 2.24) is 10.0 Å². The highest BCUT2D eigenvalue weighted by Gasteiger charge is 2.26. The number of sulfonamides is 1. The fourth-order valence-electron chi connectivity index (χ4n) is 1.93. The van der Waals surface area contributed by atoms with E-state index in [9.17, 15) is 13.2 Å². The first-order valence-corrected chi connectivity index (χ1v) is 7.77. The molecule has 0 aliphatic carbocycles. The van der Waals surface area contributed by atoms with Gasteiger partial charge in [0.15, 0.2) is 0 Å². The molecule has 1 amide bonds. The van der Waals surface area contributed by atoms with E-state index in [0.29, 0.717) is 6.42 Å². The lowest BCUT2D eigenvalue weighted by Crippen LogP contribution is -2.47. The maximum absolute atomic E-state index is 12.3. The standard InChI is InChI=1S/C12H12ClN3O3S/c13-9-2-1-8(6-14)11(5-9)20(18,19)16-10-3-4-12(17)15-7-10/h1-2,5,10,16H,3-4,7H2,(H,15,17). The molecule has 0 saturated carbocycles. The number of carbonyl (C=O) groups excluding carboxylic acids is 1. The molecular formula is C12H12ClN3O3S. The molecule has 2 rings (SSSR count). The molecule has 1 unspecified atom stereocenters. The van der Waals surface area contributed by atoms with E-state index < -0.39 is 10.0 Å². The fourth-order valence-corrected chi connectivity index (χ4v) is 3.62. The summed E-state index contributed by atoms with van der Waals surface area (Å²) in [4.78, 5) is 10.9. The molecule has 1 heterocycles. The maximum atomic E-state index is 12.3. The summed E-state index contributed by atoms with van der Waals surface area (Å²) in [5.74, 6) is -0.0964. The molecule has 1 aliphatic heterocycles. The molecule has 6 nitrogen and oxygen atoms in total. The Hall–Kier alpha value is -1.62. The number of carbonyl (C=O) groups is 1. The Balaban J connectivity index is 2.25. The number of hydrogen-bond donors (Lipinski definition) is 2. The van der Waals surface area contributed by atoms with Crippen molar-refractivity contribution in [3.8, 4) is 6.07 Å². The van der Waals surface area contributed by atoms with Gasteiger partial charge in [0.2, 0.25) is 15.9 Å². The lowest BCUT2D eigenvalue weighted by molar-refractivity contribution is -0.122. The Labute approximate surface area is 121 Å². The summed E-state index contributed by atoms with van der Waals surface area (Å²) < 4.78 is 27.0. The number of piperidine rings is 1. The van der Waals surface area contributed by atoms with Gasteiger partial charge in [-0.15, -0.1) is 0 Å². The normalized spacial score (nSPS) is 19.2. The van der Waals surface area contributed by atoms with Crippen LogP contribution in [0.2, 0.25) is 5.02 Å². The Morgan fingerprint density at radius 2 is 2.20 bits per heavy atom. The van der Waals surface area contributed by atoms with Crippen LogP contribution in [-0.2, 0) is 14.8 Å². The molecule has 1 aromatic rings. The molecule has 2 N–H and O–H groups in total. The Morgan fingerprint density at radius 3 is 2.80 bits per heavy atom. The van der Waals surface area contributed by atoms with Crippen molar-refractivity contribution < 1.29 is 13.2 Å². The van der Waals surface area contributed by atoms with Crippen LogP contribution in [0, 0.1) is 11.3 Å². The fraction of sp³-hybridized carbons (Fsp3) is 0.333. The maximum Gasteiger partial charge on any atom is 0.242 e. The summed E-state index contributed by atoms with van der Waals surface area (Å²) in [6.45, 7) is 0.237. The van der Waals surface area contributed by atoms with E-state index >= 15 is 0 Å². The van der Waals surface area contributed by atoms with E-state index in [1.807, 2.05) is 6.07 Å². The highest BCUT2D eigenvalue weighted by Crippen LogP contribution is 2.21. The van der Waals surface area contributed by atoms with Crippen LogP contribution in [0.3, 0.4) is 0 Å².